The van der Waals surface area contributed by atoms with Crippen LogP contribution in [0.3, 0.4) is 0 Å². The van der Waals surface area contributed by atoms with Gasteiger partial charge < -0.3 is 19.3 Å². The number of carbonyl (C=O) groups excluding carboxylic acids is 1. The van der Waals surface area contributed by atoms with Crippen molar-refractivity contribution in [2.45, 2.75) is 69.8 Å². The number of anilines is 1. The molecule has 0 radical (unpaired) electrons. The fourth-order valence-electron chi connectivity index (χ4n) is 7.86. The third kappa shape index (κ3) is 6.16. The standard InChI is InChI=1S/C39H40F2N6O3/c1-5-25-9-6-10-26-11-7-12-29(32(25)26)30-13-14-31-34(33(30)41)43-36(49-24-39-16-8-18-46(39)22-27(40)21-39)44-35(31)45-19-20-47(28(23-45)15-17-42)37(48)50-38(2,3)4/h1,6-7,9-14,27-28H,8,15-16,18-24H2,2-4H3/t27-,28+,39+/m1/s1. The zero-order valence-electron chi connectivity index (χ0n) is 28.6. The molecule has 9 nitrogen and oxygen atoms in total. The summed E-state index contributed by atoms with van der Waals surface area (Å²) in [6.45, 7) is 7.64. The molecule has 3 atom stereocenters. The molecule has 3 aliphatic heterocycles. The fourth-order valence-corrected chi connectivity index (χ4v) is 7.86. The minimum absolute atomic E-state index is 0.0132. The van der Waals surface area contributed by atoms with Gasteiger partial charge in [-0.3, -0.25) is 4.90 Å². The van der Waals surface area contributed by atoms with Crippen LogP contribution >= 0.6 is 0 Å². The van der Waals surface area contributed by atoms with Gasteiger partial charge in [-0.1, -0.05) is 42.3 Å². The number of nitrogens with zero attached hydrogens (tertiary/aromatic N) is 6. The van der Waals surface area contributed by atoms with Gasteiger partial charge in [-0.25, -0.2) is 13.6 Å². The van der Waals surface area contributed by atoms with Crippen LogP contribution in [-0.4, -0.2) is 88.5 Å². The van der Waals surface area contributed by atoms with Gasteiger partial charge in [0.2, 0.25) is 0 Å². The summed E-state index contributed by atoms with van der Waals surface area (Å²) in [5.41, 5.74) is 0.536. The normalized spacial score (nSPS) is 22.4. The maximum atomic E-state index is 17.0. The second-order valence-electron chi connectivity index (χ2n) is 14.5. The van der Waals surface area contributed by atoms with Gasteiger partial charge in [-0.2, -0.15) is 15.2 Å². The predicted octanol–water partition coefficient (Wildman–Crippen LogP) is 6.86. The number of benzene rings is 3. The van der Waals surface area contributed by atoms with Crippen molar-refractivity contribution in [3.05, 3.63) is 59.9 Å². The van der Waals surface area contributed by atoms with Gasteiger partial charge in [0.1, 0.15) is 29.7 Å². The first kappa shape index (κ1) is 33.5. The van der Waals surface area contributed by atoms with E-state index in [1.165, 1.54) is 0 Å². The molecule has 0 spiro atoms. The summed E-state index contributed by atoms with van der Waals surface area (Å²) in [6.07, 6.45) is 6.63. The summed E-state index contributed by atoms with van der Waals surface area (Å²) in [5, 5.41) is 11.8. The zero-order chi connectivity index (χ0) is 35.2. The van der Waals surface area contributed by atoms with Gasteiger partial charge in [-0.15, -0.1) is 6.42 Å². The first-order chi connectivity index (χ1) is 24.0. The second-order valence-corrected chi connectivity index (χ2v) is 14.5. The van der Waals surface area contributed by atoms with Crippen molar-refractivity contribution >= 4 is 33.6 Å². The smallest absolute Gasteiger partial charge is 0.410 e. The maximum Gasteiger partial charge on any atom is 0.410 e. The van der Waals surface area contributed by atoms with Gasteiger partial charge in [0.15, 0.2) is 5.82 Å². The molecule has 3 saturated heterocycles. The summed E-state index contributed by atoms with van der Waals surface area (Å²) >= 11 is 0. The lowest BCUT2D eigenvalue weighted by atomic mass is 9.93. The minimum atomic E-state index is -0.932. The van der Waals surface area contributed by atoms with Crippen LogP contribution in [0, 0.1) is 29.5 Å². The Bertz CT molecular complexity index is 2050. The lowest BCUT2D eigenvalue weighted by Crippen LogP contribution is -2.56. The number of rotatable bonds is 6. The summed E-state index contributed by atoms with van der Waals surface area (Å²) in [4.78, 5) is 28.3. The molecule has 1 amide bonds. The van der Waals surface area contributed by atoms with Crippen molar-refractivity contribution in [3.63, 3.8) is 0 Å². The molecule has 0 unspecified atom stereocenters. The molecule has 0 N–H and O–H groups in total. The molecule has 0 aliphatic carbocycles. The Morgan fingerprint density at radius 2 is 1.88 bits per heavy atom. The number of hydrogen-bond acceptors (Lipinski definition) is 8. The number of fused-ring (bicyclic) bond motifs is 3. The Morgan fingerprint density at radius 1 is 1.08 bits per heavy atom. The van der Waals surface area contributed by atoms with Crippen LogP contribution in [0.4, 0.5) is 19.4 Å². The van der Waals surface area contributed by atoms with Gasteiger partial charge in [-0.05, 0) is 63.2 Å². The van der Waals surface area contributed by atoms with Crippen LogP contribution in [0.2, 0.25) is 0 Å². The molecule has 3 aromatic carbocycles. The molecule has 0 saturated carbocycles. The molecule has 7 rings (SSSR count). The maximum absolute atomic E-state index is 17.0. The monoisotopic (exact) mass is 678 g/mol. The van der Waals surface area contributed by atoms with E-state index in [1.54, 1.807) is 37.8 Å². The Morgan fingerprint density at radius 3 is 2.64 bits per heavy atom. The van der Waals surface area contributed by atoms with Crippen molar-refractivity contribution in [2.75, 3.05) is 44.2 Å². The molecule has 3 aliphatic rings. The van der Waals surface area contributed by atoms with Crippen molar-refractivity contribution in [3.8, 4) is 35.6 Å². The highest BCUT2D eigenvalue weighted by molar-refractivity contribution is 6.03. The Labute approximate surface area is 290 Å². The van der Waals surface area contributed by atoms with Gasteiger partial charge in [0, 0.05) is 54.5 Å². The number of aromatic nitrogens is 2. The van der Waals surface area contributed by atoms with E-state index in [4.69, 9.17) is 20.9 Å². The largest absolute Gasteiger partial charge is 0.461 e. The Kier molecular flexibility index (Phi) is 8.73. The van der Waals surface area contributed by atoms with E-state index in [0.29, 0.717) is 47.4 Å². The average molecular weight is 679 g/mol. The molecule has 258 valence electrons. The highest BCUT2D eigenvalue weighted by Gasteiger charge is 2.49. The van der Waals surface area contributed by atoms with Crippen molar-refractivity contribution < 1.29 is 23.0 Å². The summed E-state index contributed by atoms with van der Waals surface area (Å²) in [5.74, 6) is 2.61. The fraction of sp³-hybridized carbons (Fsp3) is 0.436. The molecule has 3 fully saturated rings. The summed E-state index contributed by atoms with van der Waals surface area (Å²) in [7, 11) is 0. The summed E-state index contributed by atoms with van der Waals surface area (Å²) < 4.78 is 43.5. The zero-order valence-corrected chi connectivity index (χ0v) is 28.6. The molecule has 1 aromatic heterocycles. The highest BCUT2D eigenvalue weighted by atomic mass is 19.1. The molecule has 4 heterocycles. The number of nitriles is 1. The number of amides is 1. The van der Waals surface area contributed by atoms with Gasteiger partial charge in [0.05, 0.1) is 24.1 Å². The molecular weight excluding hydrogens is 638 g/mol. The Balaban J connectivity index is 1.31. The van der Waals surface area contributed by atoms with Crippen LogP contribution in [0.25, 0.3) is 32.8 Å². The van der Waals surface area contributed by atoms with Crippen molar-refractivity contribution in [1.82, 2.24) is 19.8 Å². The molecule has 4 aromatic rings. The molecule has 11 heteroatoms. The number of carbonyl (C=O) groups is 1. The number of terminal acetylenes is 1. The van der Waals surface area contributed by atoms with Crippen LogP contribution in [0.15, 0.2) is 48.5 Å². The van der Waals surface area contributed by atoms with E-state index >= 15 is 4.39 Å². The minimum Gasteiger partial charge on any atom is -0.461 e. The predicted molar refractivity (Wildman–Crippen MR) is 188 cm³/mol. The number of halogens is 2. The van der Waals surface area contributed by atoms with Crippen LogP contribution in [0.1, 0.15) is 52.0 Å². The SMILES string of the molecule is C#Cc1cccc2cccc(-c3ccc4c(N5CCN(C(=O)OC(C)(C)C)[C@@H](CC#N)C5)nc(OC[C@@]56CCCN5C[C@H](F)C6)nc4c3F)c12. The van der Waals surface area contributed by atoms with Gasteiger partial charge >= 0.3 is 12.1 Å². The number of ether oxygens (including phenoxy) is 2. The van der Waals surface area contributed by atoms with Crippen LogP contribution < -0.4 is 9.64 Å². The second kappa shape index (κ2) is 13.0. The topological polar surface area (TPSA) is 94.8 Å². The van der Waals surface area contributed by atoms with Crippen LogP contribution in [-0.2, 0) is 4.74 Å². The molecule has 0 bridgehead atoms. The average Bonchev–Trinajstić information content (AvgIpc) is 3.62. The van der Waals surface area contributed by atoms with E-state index in [-0.39, 0.29) is 37.6 Å². The Hall–Kier alpha value is -5.00. The quantitative estimate of drug-likeness (QED) is 0.204. The first-order valence-corrected chi connectivity index (χ1v) is 17.1. The van der Waals surface area contributed by atoms with Crippen LogP contribution in [0.5, 0.6) is 6.01 Å². The lowest BCUT2D eigenvalue weighted by Gasteiger charge is -2.41. The number of hydrogen-bond donors (Lipinski definition) is 0. The number of alkyl halides is 1. The molecular formula is C39H40F2N6O3. The third-order valence-corrected chi connectivity index (χ3v) is 10.1. The van der Waals surface area contributed by atoms with Gasteiger partial charge in [0.25, 0.3) is 0 Å². The highest BCUT2D eigenvalue weighted by Crippen LogP contribution is 2.41. The number of piperazine rings is 1. The molecule has 50 heavy (non-hydrogen) atoms. The third-order valence-electron chi connectivity index (χ3n) is 10.1. The van der Waals surface area contributed by atoms with E-state index in [2.05, 4.69) is 21.9 Å². The van der Waals surface area contributed by atoms with E-state index in [1.807, 2.05) is 41.3 Å². The van der Waals surface area contributed by atoms with Crippen molar-refractivity contribution in [1.29, 1.82) is 5.26 Å². The van der Waals surface area contributed by atoms with E-state index in [9.17, 15) is 14.4 Å². The van der Waals surface area contributed by atoms with E-state index in [0.717, 1.165) is 30.2 Å². The van der Waals surface area contributed by atoms with E-state index < -0.39 is 35.3 Å². The summed E-state index contributed by atoms with van der Waals surface area (Å²) in [6, 6.07) is 16.5. The lowest BCUT2D eigenvalue weighted by molar-refractivity contribution is 0.0145. The van der Waals surface area contributed by atoms with Crippen molar-refractivity contribution in [2.24, 2.45) is 0 Å². The first-order valence-electron chi connectivity index (χ1n) is 17.1.